The smallest absolute Gasteiger partial charge is 0.251 e. The van der Waals surface area contributed by atoms with E-state index in [1.165, 1.54) is 38.5 Å². The zero-order chi connectivity index (χ0) is 20.9. The van der Waals surface area contributed by atoms with Gasteiger partial charge < -0.3 is 20.9 Å². The highest BCUT2D eigenvalue weighted by Gasteiger charge is 2.14. The Balaban J connectivity index is 1.81. The third-order valence-electron chi connectivity index (χ3n) is 5.35. The number of guanidine groups is 1. The normalized spacial score (nSPS) is 15.0. The van der Waals surface area contributed by atoms with Crippen LogP contribution in [0.3, 0.4) is 0 Å². The zero-order valence-electron chi connectivity index (χ0n) is 18.5. The minimum Gasteiger partial charge on any atom is -0.357 e. The van der Waals surface area contributed by atoms with E-state index in [-0.39, 0.29) is 5.91 Å². The Labute approximate surface area is 176 Å². The molecule has 1 aliphatic rings. The molecule has 0 spiro atoms. The van der Waals surface area contributed by atoms with Crippen LogP contribution in [-0.4, -0.2) is 57.0 Å². The summed E-state index contributed by atoms with van der Waals surface area (Å²) in [6, 6.07) is 7.72. The van der Waals surface area contributed by atoms with E-state index in [2.05, 4.69) is 27.8 Å². The lowest BCUT2D eigenvalue weighted by molar-refractivity contribution is 0.0951. The molecule has 3 N–H and O–H groups in total. The Hall–Kier alpha value is -2.08. The van der Waals surface area contributed by atoms with Crippen molar-refractivity contribution in [3.63, 3.8) is 0 Å². The van der Waals surface area contributed by atoms with E-state index in [1.807, 2.05) is 38.4 Å². The van der Waals surface area contributed by atoms with Crippen molar-refractivity contribution in [2.45, 2.75) is 52.0 Å². The maximum atomic E-state index is 12.3. The molecule has 162 valence electrons. The number of carbonyl (C=O) groups excluding carboxylic acids is 1. The quantitative estimate of drug-likeness (QED) is 0.303. The molecule has 0 saturated heterocycles. The Morgan fingerprint density at radius 2 is 1.93 bits per heavy atom. The molecule has 0 radical (unpaired) electrons. The number of hydrogen-bond donors (Lipinski definition) is 3. The molecule has 0 unspecified atom stereocenters. The molecule has 0 aromatic heterocycles. The van der Waals surface area contributed by atoms with Crippen LogP contribution in [0.4, 0.5) is 0 Å². The van der Waals surface area contributed by atoms with Gasteiger partial charge in [0, 0.05) is 31.7 Å². The lowest BCUT2D eigenvalue weighted by Crippen LogP contribution is -2.37. The van der Waals surface area contributed by atoms with Crippen molar-refractivity contribution < 1.29 is 4.79 Å². The van der Waals surface area contributed by atoms with Gasteiger partial charge in [-0.1, -0.05) is 37.8 Å². The number of likely N-dealkylation sites (N-methyl/N-ethyl adjacent to an activating group) is 1. The molecule has 6 nitrogen and oxygen atoms in total. The number of rotatable bonds is 11. The lowest BCUT2D eigenvalue weighted by atomic mass is 10.0. The fraction of sp³-hybridized carbons (Fsp3) is 0.652. The van der Waals surface area contributed by atoms with Crippen molar-refractivity contribution in [1.82, 2.24) is 20.9 Å². The Bertz CT molecular complexity index is 638. The van der Waals surface area contributed by atoms with Crippen LogP contribution < -0.4 is 16.0 Å². The first-order chi connectivity index (χ1) is 14.1. The molecule has 1 fully saturated rings. The summed E-state index contributed by atoms with van der Waals surface area (Å²) in [6.45, 7) is 5.89. The van der Waals surface area contributed by atoms with E-state index in [4.69, 9.17) is 4.99 Å². The monoisotopic (exact) mass is 401 g/mol. The third kappa shape index (κ3) is 9.31. The standard InChI is InChI=1S/C23H39N5O/c1-4-24-23(26-14-8-12-19-9-5-6-10-19)27-18-20-11-7-13-21(17-20)22(29)25-15-16-28(2)3/h7,11,13,17,19H,4-6,8-10,12,14-16,18H2,1-3H3,(H,25,29)(H2,24,26,27). The lowest BCUT2D eigenvalue weighted by Gasteiger charge is -2.13. The van der Waals surface area contributed by atoms with Crippen LogP contribution in [-0.2, 0) is 6.54 Å². The van der Waals surface area contributed by atoms with Gasteiger partial charge in [0.2, 0.25) is 0 Å². The molecule has 1 saturated carbocycles. The van der Waals surface area contributed by atoms with Gasteiger partial charge in [0.25, 0.3) is 5.91 Å². The van der Waals surface area contributed by atoms with E-state index in [0.29, 0.717) is 18.7 Å². The fourth-order valence-corrected chi connectivity index (χ4v) is 3.71. The fourth-order valence-electron chi connectivity index (χ4n) is 3.71. The molecule has 0 bridgehead atoms. The maximum Gasteiger partial charge on any atom is 0.251 e. The molecular weight excluding hydrogens is 362 g/mol. The number of nitrogens with zero attached hydrogens (tertiary/aromatic N) is 2. The van der Waals surface area contributed by atoms with Gasteiger partial charge in [-0.2, -0.15) is 0 Å². The molecule has 29 heavy (non-hydrogen) atoms. The third-order valence-corrected chi connectivity index (χ3v) is 5.35. The second kappa shape index (κ2) is 13.2. The summed E-state index contributed by atoms with van der Waals surface area (Å²) in [7, 11) is 3.99. The van der Waals surface area contributed by atoms with Crippen LogP contribution in [0.25, 0.3) is 0 Å². The first-order valence-corrected chi connectivity index (χ1v) is 11.1. The van der Waals surface area contributed by atoms with E-state index in [1.54, 1.807) is 0 Å². The largest absolute Gasteiger partial charge is 0.357 e. The predicted octanol–water partition coefficient (Wildman–Crippen LogP) is 3.00. The van der Waals surface area contributed by atoms with Gasteiger partial charge in [0.05, 0.1) is 6.54 Å². The highest BCUT2D eigenvalue weighted by molar-refractivity contribution is 5.94. The van der Waals surface area contributed by atoms with Crippen molar-refractivity contribution >= 4 is 11.9 Å². The van der Waals surface area contributed by atoms with Crippen molar-refractivity contribution in [3.8, 4) is 0 Å². The average Bonchev–Trinajstić information content (AvgIpc) is 3.22. The van der Waals surface area contributed by atoms with Gasteiger partial charge >= 0.3 is 0 Å². The SMILES string of the molecule is CCNC(=NCc1cccc(C(=O)NCCN(C)C)c1)NCCCC1CCCC1. The van der Waals surface area contributed by atoms with Crippen LogP contribution >= 0.6 is 0 Å². The summed E-state index contributed by atoms with van der Waals surface area (Å²) < 4.78 is 0. The van der Waals surface area contributed by atoms with E-state index >= 15 is 0 Å². The predicted molar refractivity (Wildman–Crippen MR) is 121 cm³/mol. The van der Waals surface area contributed by atoms with E-state index < -0.39 is 0 Å². The van der Waals surface area contributed by atoms with Crippen molar-refractivity contribution in [3.05, 3.63) is 35.4 Å². The molecule has 1 aromatic rings. The van der Waals surface area contributed by atoms with Crippen LogP contribution in [0.15, 0.2) is 29.3 Å². The molecule has 1 aromatic carbocycles. The molecule has 0 heterocycles. The summed E-state index contributed by atoms with van der Waals surface area (Å²) in [6.07, 6.45) is 8.15. The molecule has 2 rings (SSSR count). The number of benzene rings is 1. The summed E-state index contributed by atoms with van der Waals surface area (Å²) >= 11 is 0. The minimum absolute atomic E-state index is 0.0328. The Morgan fingerprint density at radius 3 is 2.66 bits per heavy atom. The zero-order valence-corrected chi connectivity index (χ0v) is 18.5. The Kier molecular flexibility index (Phi) is 10.6. The van der Waals surface area contributed by atoms with E-state index in [0.717, 1.165) is 37.1 Å². The van der Waals surface area contributed by atoms with Gasteiger partial charge in [-0.15, -0.1) is 0 Å². The molecule has 1 aliphatic carbocycles. The van der Waals surface area contributed by atoms with Gasteiger partial charge in [-0.05, 0) is 57.5 Å². The average molecular weight is 402 g/mol. The first-order valence-electron chi connectivity index (χ1n) is 11.1. The molecule has 0 aliphatic heterocycles. The summed E-state index contributed by atoms with van der Waals surface area (Å²) in [4.78, 5) is 19.1. The van der Waals surface area contributed by atoms with Gasteiger partial charge in [0.15, 0.2) is 5.96 Å². The number of amides is 1. The second-order valence-electron chi connectivity index (χ2n) is 8.17. The van der Waals surface area contributed by atoms with E-state index in [9.17, 15) is 4.79 Å². The molecular formula is C23H39N5O. The number of hydrogen-bond acceptors (Lipinski definition) is 3. The summed E-state index contributed by atoms with van der Waals surface area (Å²) in [5.74, 6) is 1.75. The van der Waals surface area contributed by atoms with Crippen molar-refractivity contribution in [1.29, 1.82) is 0 Å². The maximum absolute atomic E-state index is 12.3. The van der Waals surface area contributed by atoms with Crippen LogP contribution in [0.5, 0.6) is 0 Å². The molecule has 0 atom stereocenters. The van der Waals surface area contributed by atoms with Gasteiger partial charge in [0.1, 0.15) is 0 Å². The second-order valence-corrected chi connectivity index (χ2v) is 8.17. The summed E-state index contributed by atoms with van der Waals surface area (Å²) in [5.41, 5.74) is 1.72. The number of aliphatic imine (C=N–C) groups is 1. The summed E-state index contributed by atoms with van der Waals surface area (Å²) in [5, 5.41) is 9.72. The molecule has 1 amide bonds. The number of nitrogens with one attached hydrogen (secondary N) is 3. The number of carbonyl (C=O) groups is 1. The molecule has 6 heteroatoms. The van der Waals surface area contributed by atoms with Crippen LogP contribution in [0.2, 0.25) is 0 Å². The van der Waals surface area contributed by atoms with Crippen LogP contribution in [0.1, 0.15) is 61.4 Å². The highest BCUT2D eigenvalue weighted by Crippen LogP contribution is 2.28. The van der Waals surface area contributed by atoms with Gasteiger partial charge in [-0.25, -0.2) is 4.99 Å². The van der Waals surface area contributed by atoms with Crippen molar-refractivity contribution in [2.75, 3.05) is 40.3 Å². The minimum atomic E-state index is -0.0328. The topological polar surface area (TPSA) is 68.8 Å². The van der Waals surface area contributed by atoms with Gasteiger partial charge in [-0.3, -0.25) is 4.79 Å². The Morgan fingerprint density at radius 1 is 1.14 bits per heavy atom. The van der Waals surface area contributed by atoms with Crippen molar-refractivity contribution in [2.24, 2.45) is 10.9 Å². The first kappa shape index (κ1) is 23.2. The van der Waals surface area contributed by atoms with Crippen LogP contribution in [0, 0.1) is 5.92 Å². The highest BCUT2D eigenvalue weighted by atomic mass is 16.1.